The van der Waals surface area contributed by atoms with E-state index in [1.165, 1.54) is 0 Å². The minimum atomic E-state index is -3.06. The SMILES string of the molecule is CCCc1ccccc1OS(=O)[P+](=O)[O-]. The molecule has 0 radical (unpaired) electrons. The van der Waals surface area contributed by atoms with E-state index in [0.29, 0.717) is 5.75 Å². The molecule has 0 bridgehead atoms. The largest absolute Gasteiger partial charge is 0.580 e. The predicted octanol–water partition coefficient (Wildman–Crippen LogP) is 1.70. The van der Waals surface area contributed by atoms with Crippen LogP contribution in [0.2, 0.25) is 0 Å². The monoisotopic (exact) mass is 246 g/mol. The summed E-state index contributed by atoms with van der Waals surface area (Å²) in [5, 5.41) is 0. The highest BCUT2D eigenvalue weighted by molar-refractivity contribution is 8.37. The summed E-state index contributed by atoms with van der Waals surface area (Å²) < 4.78 is 26.2. The van der Waals surface area contributed by atoms with Crippen LogP contribution in [-0.2, 0) is 21.7 Å². The van der Waals surface area contributed by atoms with E-state index in [1.54, 1.807) is 12.1 Å². The molecule has 0 fully saturated rings. The molecule has 1 aromatic carbocycles. The van der Waals surface area contributed by atoms with Gasteiger partial charge in [0.05, 0.1) is 0 Å². The molecule has 0 aliphatic heterocycles. The van der Waals surface area contributed by atoms with E-state index in [9.17, 15) is 13.7 Å². The summed E-state index contributed by atoms with van der Waals surface area (Å²) in [7, 11) is -5.34. The van der Waals surface area contributed by atoms with E-state index in [1.807, 2.05) is 19.1 Å². The van der Waals surface area contributed by atoms with E-state index < -0.39 is 17.9 Å². The fourth-order valence-electron chi connectivity index (χ4n) is 1.17. The molecule has 82 valence electrons. The van der Waals surface area contributed by atoms with Crippen molar-refractivity contribution in [2.45, 2.75) is 19.8 Å². The lowest BCUT2D eigenvalue weighted by Crippen LogP contribution is -2.03. The van der Waals surface area contributed by atoms with Gasteiger partial charge in [-0.1, -0.05) is 36.1 Å². The Bertz CT molecular complexity index is 380. The van der Waals surface area contributed by atoms with E-state index in [2.05, 4.69) is 0 Å². The highest BCUT2D eigenvalue weighted by Crippen LogP contribution is 2.25. The molecule has 0 aliphatic carbocycles. The predicted molar refractivity (Wildman–Crippen MR) is 56.8 cm³/mol. The number of rotatable bonds is 5. The summed E-state index contributed by atoms with van der Waals surface area (Å²) in [6.45, 7) is 2.00. The Kier molecular flexibility index (Phi) is 4.88. The number of hydrogen-bond donors (Lipinski definition) is 0. The van der Waals surface area contributed by atoms with Crippen LogP contribution in [0.4, 0.5) is 0 Å². The smallest absolute Gasteiger partial charge is 0.459 e. The van der Waals surface area contributed by atoms with Crippen molar-refractivity contribution in [2.24, 2.45) is 0 Å². The molecule has 0 N–H and O–H groups in total. The molecule has 0 aromatic heterocycles. The maximum atomic E-state index is 11.0. The van der Waals surface area contributed by atoms with Gasteiger partial charge in [-0.2, -0.15) is 4.21 Å². The van der Waals surface area contributed by atoms with Crippen LogP contribution >= 0.6 is 7.23 Å². The molecule has 0 heterocycles. The van der Waals surface area contributed by atoms with Gasteiger partial charge in [0.2, 0.25) is 0 Å². The molecule has 6 heteroatoms. The summed E-state index contributed by atoms with van der Waals surface area (Å²) in [6.07, 6.45) is 1.68. The Morgan fingerprint density at radius 3 is 2.73 bits per heavy atom. The minimum absolute atomic E-state index is 0.372. The Balaban J connectivity index is 2.84. The molecule has 0 aliphatic rings. The van der Waals surface area contributed by atoms with Crippen molar-refractivity contribution >= 4 is 17.9 Å². The molecule has 15 heavy (non-hydrogen) atoms. The number of aryl methyl sites for hydroxylation is 1. The summed E-state index contributed by atoms with van der Waals surface area (Å²) >= 11 is 0. The molecule has 1 rings (SSSR count). The zero-order valence-corrected chi connectivity index (χ0v) is 9.92. The fourth-order valence-corrected chi connectivity index (χ4v) is 1.97. The second-order valence-corrected chi connectivity index (χ2v) is 5.72. The van der Waals surface area contributed by atoms with Crippen LogP contribution in [0.3, 0.4) is 0 Å². The maximum absolute atomic E-state index is 11.0. The van der Waals surface area contributed by atoms with E-state index >= 15 is 0 Å². The Labute approximate surface area is 91.6 Å². The highest BCUT2D eigenvalue weighted by atomic mass is 32.7. The van der Waals surface area contributed by atoms with Crippen LogP contribution < -0.4 is 9.08 Å². The molecule has 0 amide bonds. The van der Waals surface area contributed by atoms with Crippen LogP contribution in [-0.4, -0.2) is 4.21 Å². The van der Waals surface area contributed by atoms with Crippen LogP contribution in [0, 0.1) is 0 Å². The van der Waals surface area contributed by atoms with E-state index in [0.717, 1.165) is 18.4 Å². The number of hydrogen-bond acceptors (Lipinski definition) is 4. The van der Waals surface area contributed by atoms with Crippen LogP contribution in [0.15, 0.2) is 24.3 Å². The van der Waals surface area contributed by atoms with Gasteiger partial charge in [0.15, 0.2) is 0 Å². The third kappa shape index (κ3) is 3.70. The molecule has 0 saturated carbocycles. The third-order valence-corrected chi connectivity index (χ3v) is 3.29. The molecule has 4 nitrogen and oxygen atoms in total. The van der Waals surface area contributed by atoms with Gasteiger partial charge in [-0.05, 0) is 18.1 Å². The summed E-state index contributed by atoms with van der Waals surface area (Å²) in [4.78, 5) is 10.4. The first-order valence-electron chi connectivity index (χ1n) is 4.47. The van der Waals surface area contributed by atoms with Gasteiger partial charge in [-0.25, -0.2) is 0 Å². The van der Waals surface area contributed by atoms with Gasteiger partial charge in [-0.3, -0.25) is 0 Å². The Morgan fingerprint density at radius 2 is 2.13 bits per heavy atom. The number of benzene rings is 1. The van der Waals surface area contributed by atoms with Gasteiger partial charge in [0, 0.05) is 0 Å². The van der Waals surface area contributed by atoms with Crippen LogP contribution in [0.5, 0.6) is 5.75 Å². The van der Waals surface area contributed by atoms with Gasteiger partial charge in [-0.15, -0.1) is 0 Å². The first-order valence-corrected chi connectivity index (χ1v) is 7.33. The molecule has 2 unspecified atom stereocenters. The molecular formula is C9H11O4PS. The fraction of sp³-hybridized carbons (Fsp3) is 0.333. The van der Waals surface area contributed by atoms with Crippen molar-refractivity contribution in [1.82, 2.24) is 0 Å². The van der Waals surface area contributed by atoms with Gasteiger partial charge >= 0.3 is 17.9 Å². The van der Waals surface area contributed by atoms with Crippen molar-refractivity contribution in [3.63, 3.8) is 0 Å². The lowest BCUT2D eigenvalue weighted by molar-refractivity contribution is -0.158. The average Bonchev–Trinajstić information content (AvgIpc) is 2.21. The summed E-state index contributed by atoms with van der Waals surface area (Å²) in [5.74, 6) is 0.372. The van der Waals surface area contributed by atoms with Crippen LogP contribution in [0.25, 0.3) is 0 Å². The van der Waals surface area contributed by atoms with Crippen molar-refractivity contribution in [2.75, 3.05) is 0 Å². The summed E-state index contributed by atoms with van der Waals surface area (Å²) in [5.41, 5.74) is 0.866. The Hall–Kier alpha value is -0.770. The Morgan fingerprint density at radius 1 is 1.47 bits per heavy atom. The van der Waals surface area contributed by atoms with Crippen molar-refractivity contribution < 1.29 is 17.9 Å². The van der Waals surface area contributed by atoms with Gasteiger partial charge in [0.1, 0.15) is 5.75 Å². The zero-order chi connectivity index (χ0) is 11.3. The van der Waals surface area contributed by atoms with Gasteiger partial charge < -0.3 is 9.08 Å². The zero-order valence-electron chi connectivity index (χ0n) is 8.21. The first kappa shape index (κ1) is 12.3. The second kappa shape index (κ2) is 5.95. The van der Waals surface area contributed by atoms with Crippen molar-refractivity contribution in [3.8, 4) is 5.75 Å². The lowest BCUT2D eigenvalue weighted by atomic mass is 10.1. The quantitative estimate of drug-likeness (QED) is 0.741. The van der Waals surface area contributed by atoms with E-state index in [4.69, 9.17) is 4.18 Å². The normalized spacial score (nSPS) is 13.3. The molecule has 0 saturated heterocycles. The van der Waals surface area contributed by atoms with E-state index in [-0.39, 0.29) is 0 Å². The molecular weight excluding hydrogens is 235 g/mol. The highest BCUT2D eigenvalue weighted by Gasteiger charge is 2.18. The lowest BCUT2D eigenvalue weighted by Gasteiger charge is -2.05. The molecule has 0 spiro atoms. The first-order chi connectivity index (χ1) is 7.15. The summed E-state index contributed by atoms with van der Waals surface area (Å²) in [6, 6.07) is 6.98. The van der Waals surface area contributed by atoms with Crippen LogP contribution in [0.1, 0.15) is 18.9 Å². The molecule has 2 atom stereocenters. The second-order valence-electron chi connectivity index (χ2n) is 2.88. The standard InChI is InChI=1S/C9H11O4PS/c1-2-5-8-6-3-4-7-9(8)13-15(12)14(10)11/h3-4,6-7H,2,5H2,1H3. The topological polar surface area (TPSA) is 66.4 Å². The van der Waals surface area contributed by atoms with Gasteiger partial charge in [0.25, 0.3) is 0 Å². The number of para-hydroxylation sites is 1. The van der Waals surface area contributed by atoms with Crippen molar-refractivity contribution in [1.29, 1.82) is 0 Å². The van der Waals surface area contributed by atoms with Crippen molar-refractivity contribution in [3.05, 3.63) is 29.8 Å². The maximum Gasteiger partial charge on any atom is 0.459 e. The molecule has 1 aromatic rings. The average molecular weight is 246 g/mol. The third-order valence-electron chi connectivity index (χ3n) is 1.77. The minimum Gasteiger partial charge on any atom is -0.580 e.